The summed E-state index contributed by atoms with van der Waals surface area (Å²) < 4.78 is 10.6. The minimum absolute atomic E-state index is 0.00445. The van der Waals surface area contributed by atoms with Crippen LogP contribution in [0.15, 0.2) is 6.07 Å². The van der Waals surface area contributed by atoms with Gasteiger partial charge in [0.25, 0.3) is 0 Å². The van der Waals surface area contributed by atoms with Crippen LogP contribution < -0.4 is 15.2 Å². The molecule has 0 saturated carbocycles. The molecule has 0 aliphatic carbocycles. The number of rotatable bonds is 3. The van der Waals surface area contributed by atoms with E-state index in [1.165, 1.54) is 0 Å². The zero-order chi connectivity index (χ0) is 11.6. The summed E-state index contributed by atoms with van der Waals surface area (Å²) in [7, 11) is 3.29. The Bertz CT molecular complexity index is 359. The van der Waals surface area contributed by atoms with Crippen molar-refractivity contribution in [2.45, 2.75) is 26.8 Å². The molecule has 0 spiro atoms. The van der Waals surface area contributed by atoms with Crippen molar-refractivity contribution in [1.29, 1.82) is 0 Å². The summed E-state index contributed by atoms with van der Waals surface area (Å²) in [5.74, 6) is 1.53. The maximum atomic E-state index is 5.93. The van der Waals surface area contributed by atoms with Gasteiger partial charge in [0.2, 0.25) is 0 Å². The Kier molecular flexibility index (Phi) is 3.58. The minimum Gasteiger partial charge on any atom is -0.493 e. The van der Waals surface area contributed by atoms with E-state index in [1.807, 2.05) is 26.8 Å². The summed E-state index contributed by atoms with van der Waals surface area (Å²) in [5, 5.41) is 0. The summed E-state index contributed by atoms with van der Waals surface area (Å²) in [6, 6.07) is 1.97. The van der Waals surface area contributed by atoms with Crippen molar-refractivity contribution in [1.82, 2.24) is 0 Å². The van der Waals surface area contributed by atoms with Crippen LogP contribution in [-0.2, 0) is 0 Å². The molecule has 0 heterocycles. The van der Waals surface area contributed by atoms with Gasteiger partial charge in [-0.25, -0.2) is 0 Å². The molecule has 0 aromatic heterocycles. The lowest BCUT2D eigenvalue weighted by Gasteiger charge is -2.19. The molecule has 84 valence electrons. The Hall–Kier alpha value is -1.22. The molecule has 0 amide bonds. The molecule has 0 bridgehead atoms. The van der Waals surface area contributed by atoms with Crippen molar-refractivity contribution in [2.24, 2.45) is 5.73 Å². The highest BCUT2D eigenvalue weighted by molar-refractivity contribution is 5.54. The van der Waals surface area contributed by atoms with Crippen LogP contribution in [0.5, 0.6) is 11.5 Å². The van der Waals surface area contributed by atoms with Gasteiger partial charge in [0.05, 0.1) is 14.2 Å². The smallest absolute Gasteiger partial charge is 0.163 e. The average molecular weight is 209 g/mol. The zero-order valence-electron chi connectivity index (χ0n) is 10.0. The van der Waals surface area contributed by atoms with Crippen LogP contribution in [0, 0.1) is 13.8 Å². The SMILES string of the molecule is COc1cc(C)c(C(C)N)c(C)c1OC. The first kappa shape index (κ1) is 11.9. The lowest BCUT2D eigenvalue weighted by Crippen LogP contribution is -2.10. The van der Waals surface area contributed by atoms with E-state index in [4.69, 9.17) is 15.2 Å². The second kappa shape index (κ2) is 4.53. The number of methoxy groups -OCH3 is 2. The predicted octanol–water partition coefficient (Wildman–Crippen LogP) is 2.34. The number of hydrogen-bond acceptors (Lipinski definition) is 3. The zero-order valence-corrected chi connectivity index (χ0v) is 10.0. The highest BCUT2D eigenvalue weighted by Crippen LogP contribution is 2.36. The Morgan fingerprint density at radius 3 is 2.20 bits per heavy atom. The molecule has 0 saturated heterocycles. The Labute approximate surface area is 91.2 Å². The lowest BCUT2D eigenvalue weighted by molar-refractivity contribution is 0.351. The maximum Gasteiger partial charge on any atom is 0.163 e. The maximum absolute atomic E-state index is 5.93. The van der Waals surface area contributed by atoms with E-state index >= 15 is 0 Å². The quantitative estimate of drug-likeness (QED) is 0.831. The molecule has 0 fully saturated rings. The molecular weight excluding hydrogens is 190 g/mol. The number of aryl methyl sites for hydroxylation is 1. The van der Waals surface area contributed by atoms with E-state index < -0.39 is 0 Å². The predicted molar refractivity (Wildman–Crippen MR) is 61.6 cm³/mol. The highest BCUT2D eigenvalue weighted by Gasteiger charge is 2.16. The third kappa shape index (κ3) is 2.07. The van der Waals surface area contributed by atoms with Crippen molar-refractivity contribution in [3.05, 3.63) is 22.8 Å². The van der Waals surface area contributed by atoms with Crippen LogP contribution in [-0.4, -0.2) is 14.2 Å². The Morgan fingerprint density at radius 2 is 1.80 bits per heavy atom. The van der Waals surface area contributed by atoms with E-state index in [1.54, 1.807) is 14.2 Å². The van der Waals surface area contributed by atoms with Gasteiger partial charge in [0.15, 0.2) is 11.5 Å². The monoisotopic (exact) mass is 209 g/mol. The molecule has 1 aromatic rings. The molecule has 1 rings (SSSR count). The minimum atomic E-state index is 0.00445. The Morgan fingerprint density at radius 1 is 1.20 bits per heavy atom. The normalized spacial score (nSPS) is 12.4. The van der Waals surface area contributed by atoms with Gasteiger partial charge < -0.3 is 15.2 Å². The van der Waals surface area contributed by atoms with Crippen LogP contribution in [0.3, 0.4) is 0 Å². The van der Waals surface area contributed by atoms with Crippen molar-refractivity contribution in [2.75, 3.05) is 14.2 Å². The van der Waals surface area contributed by atoms with Gasteiger partial charge in [-0.3, -0.25) is 0 Å². The fourth-order valence-corrected chi connectivity index (χ4v) is 2.05. The van der Waals surface area contributed by atoms with E-state index in [0.717, 1.165) is 28.2 Å². The molecule has 3 nitrogen and oxygen atoms in total. The molecule has 3 heteroatoms. The Balaban J connectivity index is 3.44. The summed E-state index contributed by atoms with van der Waals surface area (Å²) in [6.45, 7) is 6.02. The molecule has 1 atom stereocenters. The second-order valence-electron chi connectivity index (χ2n) is 3.76. The van der Waals surface area contributed by atoms with Crippen molar-refractivity contribution in [3.8, 4) is 11.5 Å². The third-order valence-corrected chi connectivity index (χ3v) is 2.62. The standard InChI is InChI=1S/C12H19NO2/c1-7-6-10(14-4)12(15-5)8(2)11(7)9(3)13/h6,9H,13H2,1-5H3. The van der Waals surface area contributed by atoms with Gasteiger partial charge in [-0.1, -0.05) is 0 Å². The molecule has 0 aliphatic rings. The molecule has 15 heavy (non-hydrogen) atoms. The fourth-order valence-electron chi connectivity index (χ4n) is 2.05. The third-order valence-electron chi connectivity index (χ3n) is 2.62. The second-order valence-corrected chi connectivity index (χ2v) is 3.76. The summed E-state index contributed by atoms with van der Waals surface area (Å²) in [5.41, 5.74) is 9.26. The summed E-state index contributed by atoms with van der Waals surface area (Å²) in [4.78, 5) is 0. The first-order chi connectivity index (χ1) is 7.02. The van der Waals surface area contributed by atoms with Crippen LogP contribution in [0.4, 0.5) is 0 Å². The van der Waals surface area contributed by atoms with Crippen molar-refractivity contribution in [3.63, 3.8) is 0 Å². The van der Waals surface area contributed by atoms with Crippen LogP contribution in [0.2, 0.25) is 0 Å². The van der Waals surface area contributed by atoms with E-state index in [9.17, 15) is 0 Å². The van der Waals surface area contributed by atoms with Crippen molar-refractivity contribution >= 4 is 0 Å². The first-order valence-electron chi connectivity index (χ1n) is 5.00. The van der Waals surface area contributed by atoms with Crippen LogP contribution in [0.1, 0.15) is 29.7 Å². The number of ether oxygens (including phenoxy) is 2. The molecular formula is C12H19NO2. The van der Waals surface area contributed by atoms with E-state index in [0.29, 0.717) is 0 Å². The van der Waals surface area contributed by atoms with Gasteiger partial charge in [0.1, 0.15) is 0 Å². The van der Waals surface area contributed by atoms with E-state index in [2.05, 4.69) is 0 Å². The highest BCUT2D eigenvalue weighted by atomic mass is 16.5. The molecule has 0 radical (unpaired) electrons. The van der Waals surface area contributed by atoms with Gasteiger partial charge >= 0.3 is 0 Å². The van der Waals surface area contributed by atoms with Gasteiger partial charge in [0, 0.05) is 6.04 Å². The number of benzene rings is 1. The summed E-state index contributed by atoms with van der Waals surface area (Å²) >= 11 is 0. The van der Waals surface area contributed by atoms with Gasteiger partial charge in [-0.05, 0) is 43.5 Å². The van der Waals surface area contributed by atoms with Crippen molar-refractivity contribution < 1.29 is 9.47 Å². The largest absolute Gasteiger partial charge is 0.493 e. The van der Waals surface area contributed by atoms with Gasteiger partial charge in [-0.2, -0.15) is 0 Å². The summed E-state index contributed by atoms with van der Waals surface area (Å²) in [6.07, 6.45) is 0. The molecule has 0 aliphatic heterocycles. The lowest BCUT2D eigenvalue weighted by atomic mass is 9.96. The average Bonchev–Trinajstić information content (AvgIpc) is 2.16. The molecule has 1 aromatic carbocycles. The molecule has 2 N–H and O–H groups in total. The van der Waals surface area contributed by atoms with E-state index in [-0.39, 0.29) is 6.04 Å². The van der Waals surface area contributed by atoms with Gasteiger partial charge in [-0.15, -0.1) is 0 Å². The number of hydrogen-bond donors (Lipinski definition) is 1. The van der Waals surface area contributed by atoms with Crippen LogP contribution in [0.25, 0.3) is 0 Å². The topological polar surface area (TPSA) is 44.5 Å². The van der Waals surface area contributed by atoms with Crippen LogP contribution >= 0.6 is 0 Å². The number of nitrogens with two attached hydrogens (primary N) is 1. The fraction of sp³-hybridized carbons (Fsp3) is 0.500. The first-order valence-corrected chi connectivity index (χ1v) is 5.00. The molecule has 1 unspecified atom stereocenters.